The Hall–Kier alpha value is -1.10. The summed E-state index contributed by atoms with van der Waals surface area (Å²) in [5.74, 6) is -0.256. The molecule has 0 bridgehead atoms. The van der Waals surface area contributed by atoms with E-state index in [0.29, 0.717) is 0 Å². The Balaban J connectivity index is 2.29. The van der Waals surface area contributed by atoms with Gasteiger partial charge in [-0.05, 0) is 33.7 Å². The number of hydrogen-bond acceptors (Lipinski definition) is 4. The molecule has 0 atom stereocenters. The molecular formula is C13H24N2O3. The highest BCUT2D eigenvalue weighted by molar-refractivity contribution is 5.81. The normalized spacial score (nSPS) is 17.2. The third kappa shape index (κ3) is 6.00. The first-order valence-electron chi connectivity index (χ1n) is 6.59. The molecule has 104 valence electrons. The molecule has 1 fully saturated rings. The second-order valence-electron chi connectivity index (χ2n) is 5.57. The molecule has 0 aromatic carbocycles. The van der Waals surface area contributed by atoms with Gasteiger partial charge in [0.2, 0.25) is 5.91 Å². The largest absolute Gasteiger partial charge is 0.460 e. The zero-order valence-electron chi connectivity index (χ0n) is 11.6. The highest BCUT2D eigenvalue weighted by atomic mass is 16.6. The smallest absolute Gasteiger partial charge is 0.306 e. The van der Waals surface area contributed by atoms with Crippen molar-refractivity contribution in [2.45, 2.75) is 45.6 Å². The second-order valence-corrected chi connectivity index (χ2v) is 5.57. The van der Waals surface area contributed by atoms with Gasteiger partial charge in [-0.2, -0.15) is 0 Å². The van der Waals surface area contributed by atoms with Crippen LogP contribution in [0.5, 0.6) is 0 Å². The van der Waals surface area contributed by atoms with Crippen LogP contribution in [0.15, 0.2) is 0 Å². The Morgan fingerprint density at radius 3 is 2.56 bits per heavy atom. The zero-order valence-corrected chi connectivity index (χ0v) is 11.6. The molecule has 1 rings (SSSR count). The Bertz CT molecular complexity index is 289. The van der Waals surface area contributed by atoms with E-state index < -0.39 is 5.60 Å². The maximum Gasteiger partial charge on any atom is 0.306 e. The Kier molecular flexibility index (Phi) is 5.59. The lowest BCUT2D eigenvalue weighted by Crippen LogP contribution is -2.34. The first kappa shape index (κ1) is 15.0. The lowest BCUT2D eigenvalue weighted by molar-refractivity contribution is -0.156. The number of esters is 1. The van der Waals surface area contributed by atoms with Gasteiger partial charge in [0.05, 0.1) is 6.42 Å². The molecule has 0 radical (unpaired) electrons. The summed E-state index contributed by atoms with van der Waals surface area (Å²) in [5, 5.41) is 3.24. The van der Waals surface area contributed by atoms with Crippen molar-refractivity contribution in [3.8, 4) is 0 Å². The van der Waals surface area contributed by atoms with Crippen molar-refractivity contribution in [2.75, 3.05) is 26.2 Å². The van der Waals surface area contributed by atoms with E-state index in [0.717, 1.165) is 32.6 Å². The van der Waals surface area contributed by atoms with Crippen LogP contribution in [0.1, 0.15) is 40.0 Å². The summed E-state index contributed by atoms with van der Waals surface area (Å²) >= 11 is 0. The molecule has 0 spiro atoms. The Morgan fingerprint density at radius 1 is 1.17 bits per heavy atom. The predicted molar refractivity (Wildman–Crippen MR) is 69.1 cm³/mol. The summed E-state index contributed by atoms with van der Waals surface area (Å²) in [6, 6.07) is 0. The molecule has 1 N–H and O–H groups in total. The fourth-order valence-corrected chi connectivity index (χ4v) is 1.85. The van der Waals surface area contributed by atoms with E-state index in [-0.39, 0.29) is 24.7 Å². The lowest BCUT2D eigenvalue weighted by atomic mass is 10.2. The molecule has 0 unspecified atom stereocenters. The van der Waals surface area contributed by atoms with Gasteiger partial charge in [-0.1, -0.05) is 0 Å². The Morgan fingerprint density at radius 2 is 1.89 bits per heavy atom. The van der Waals surface area contributed by atoms with Gasteiger partial charge in [0, 0.05) is 26.1 Å². The summed E-state index contributed by atoms with van der Waals surface area (Å²) < 4.78 is 5.18. The number of amides is 1. The summed E-state index contributed by atoms with van der Waals surface area (Å²) in [6.07, 6.45) is 1.38. The van der Waals surface area contributed by atoms with Crippen LogP contribution in [-0.4, -0.2) is 48.6 Å². The van der Waals surface area contributed by atoms with E-state index in [9.17, 15) is 9.59 Å². The molecule has 0 aromatic rings. The molecule has 18 heavy (non-hydrogen) atoms. The lowest BCUT2D eigenvalue weighted by Gasteiger charge is -2.21. The van der Waals surface area contributed by atoms with Crippen LogP contribution in [0.2, 0.25) is 0 Å². The standard InChI is InChI=1S/C13H24N2O3/c1-13(2,3)18-12(17)6-5-11(16)15-9-4-7-14-8-10-15/h14H,4-10H2,1-3H3. The highest BCUT2D eigenvalue weighted by Crippen LogP contribution is 2.10. The van der Waals surface area contributed by atoms with Crippen molar-refractivity contribution in [3.05, 3.63) is 0 Å². The van der Waals surface area contributed by atoms with Crippen LogP contribution in [0.3, 0.4) is 0 Å². The Labute approximate surface area is 109 Å². The minimum Gasteiger partial charge on any atom is -0.460 e. The van der Waals surface area contributed by atoms with E-state index >= 15 is 0 Å². The van der Waals surface area contributed by atoms with Crippen LogP contribution in [0, 0.1) is 0 Å². The van der Waals surface area contributed by atoms with E-state index in [4.69, 9.17) is 4.74 Å². The van der Waals surface area contributed by atoms with Gasteiger partial charge in [0.15, 0.2) is 0 Å². The van der Waals surface area contributed by atoms with Crippen LogP contribution < -0.4 is 5.32 Å². The van der Waals surface area contributed by atoms with Gasteiger partial charge < -0.3 is 15.0 Å². The zero-order chi connectivity index (χ0) is 13.6. The third-order valence-corrected chi connectivity index (χ3v) is 2.66. The average molecular weight is 256 g/mol. The average Bonchev–Trinajstić information content (AvgIpc) is 2.52. The molecule has 5 heteroatoms. The summed E-state index contributed by atoms with van der Waals surface area (Å²) in [4.78, 5) is 25.2. The quantitative estimate of drug-likeness (QED) is 0.763. The number of rotatable bonds is 3. The predicted octanol–water partition coefficient (Wildman–Crippen LogP) is 0.930. The van der Waals surface area contributed by atoms with Gasteiger partial charge in [-0.3, -0.25) is 9.59 Å². The molecule has 1 saturated heterocycles. The molecule has 0 aliphatic carbocycles. The number of carbonyl (C=O) groups is 2. The van der Waals surface area contributed by atoms with Crippen molar-refractivity contribution in [3.63, 3.8) is 0 Å². The fraction of sp³-hybridized carbons (Fsp3) is 0.846. The topological polar surface area (TPSA) is 58.6 Å². The summed E-state index contributed by atoms with van der Waals surface area (Å²) in [6.45, 7) is 8.77. The maximum absolute atomic E-state index is 11.9. The second kappa shape index (κ2) is 6.73. The molecule has 0 saturated carbocycles. The minimum absolute atomic E-state index is 0.0459. The van der Waals surface area contributed by atoms with Crippen molar-refractivity contribution in [1.29, 1.82) is 0 Å². The minimum atomic E-state index is -0.480. The van der Waals surface area contributed by atoms with E-state index in [1.807, 2.05) is 25.7 Å². The van der Waals surface area contributed by atoms with Crippen LogP contribution in [0.25, 0.3) is 0 Å². The SMILES string of the molecule is CC(C)(C)OC(=O)CCC(=O)N1CCCNCC1. The molecule has 1 aliphatic rings. The fourth-order valence-electron chi connectivity index (χ4n) is 1.85. The molecule has 0 aromatic heterocycles. The van der Waals surface area contributed by atoms with Gasteiger partial charge >= 0.3 is 5.97 Å². The summed E-state index contributed by atoms with van der Waals surface area (Å²) in [7, 11) is 0. The van der Waals surface area contributed by atoms with Crippen LogP contribution >= 0.6 is 0 Å². The van der Waals surface area contributed by atoms with E-state index in [1.54, 1.807) is 0 Å². The van der Waals surface area contributed by atoms with Crippen LogP contribution in [-0.2, 0) is 14.3 Å². The van der Waals surface area contributed by atoms with Crippen molar-refractivity contribution >= 4 is 11.9 Å². The van der Waals surface area contributed by atoms with Gasteiger partial charge in [0.1, 0.15) is 5.60 Å². The van der Waals surface area contributed by atoms with Gasteiger partial charge in [-0.15, -0.1) is 0 Å². The van der Waals surface area contributed by atoms with Gasteiger partial charge in [-0.25, -0.2) is 0 Å². The summed E-state index contributed by atoms with van der Waals surface area (Å²) in [5.41, 5.74) is -0.480. The highest BCUT2D eigenvalue weighted by Gasteiger charge is 2.19. The van der Waals surface area contributed by atoms with Crippen LogP contribution in [0.4, 0.5) is 0 Å². The van der Waals surface area contributed by atoms with Crippen molar-refractivity contribution in [1.82, 2.24) is 10.2 Å². The molecule has 1 heterocycles. The number of carbonyl (C=O) groups excluding carboxylic acids is 2. The van der Waals surface area contributed by atoms with E-state index in [2.05, 4.69) is 5.32 Å². The number of nitrogens with one attached hydrogen (secondary N) is 1. The molecular weight excluding hydrogens is 232 g/mol. The number of nitrogens with zero attached hydrogens (tertiary/aromatic N) is 1. The first-order valence-corrected chi connectivity index (χ1v) is 6.59. The maximum atomic E-state index is 11.9. The van der Waals surface area contributed by atoms with Crippen molar-refractivity contribution < 1.29 is 14.3 Å². The monoisotopic (exact) mass is 256 g/mol. The number of hydrogen-bond donors (Lipinski definition) is 1. The van der Waals surface area contributed by atoms with Gasteiger partial charge in [0.25, 0.3) is 0 Å². The number of ether oxygens (including phenoxy) is 1. The molecule has 1 amide bonds. The first-order chi connectivity index (χ1) is 8.38. The van der Waals surface area contributed by atoms with E-state index in [1.165, 1.54) is 0 Å². The molecule has 5 nitrogen and oxygen atoms in total. The van der Waals surface area contributed by atoms with Crippen molar-refractivity contribution in [2.24, 2.45) is 0 Å². The molecule has 1 aliphatic heterocycles. The third-order valence-electron chi connectivity index (χ3n) is 2.66.